The molecule has 3 aromatic rings. The van der Waals surface area contributed by atoms with Crippen LogP contribution < -0.4 is 14.5 Å². The third-order valence-corrected chi connectivity index (χ3v) is 11.2. The van der Waals surface area contributed by atoms with Crippen molar-refractivity contribution in [3.05, 3.63) is 74.2 Å². The number of amides is 2. The van der Waals surface area contributed by atoms with Gasteiger partial charge in [0.1, 0.15) is 5.75 Å². The number of rotatable bonds is 3. The number of thioether (sulfide) groups is 1. The maximum Gasteiger partial charge on any atom is 0.416 e. The molecule has 11 heteroatoms. The minimum absolute atomic E-state index is 0.00399. The number of nitrogens with zero attached hydrogens (tertiary/aromatic N) is 1. The lowest BCUT2D eigenvalue weighted by Crippen LogP contribution is -2.42. The molecular weight excluding hydrogens is 537 g/mol. The fraction of sp³-hybridized carbons (Fsp3) is 0.370. The highest BCUT2D eigenvalue weighted by Crippen LogP contribution is 2.68. The Bertz CT molecular complexity index is 1530. The van der Waals surface area contributed by atoms with Crippen LogP contribution in [0.25, 0.3) is 0 Å². The van der Waals surface area contributed by atoms with E-state index in [1.165, 1.54) is 23.5 Å². The smallest absolute Gasteiger partial charge is 0.416 e. The molecule has 2 bridgehead atoms. The van der Waals surface area contributed by atoms with Crippen LogP contribution in [0.3, 0.4) is 0 Å². The Kier molecular flexibility index (Phi) is 5.20. The molecule has 3 heterocycles. The first kappa shape index (κ1) is 24.0. The average molecular weight is 559 g/mol. The predicted octanol–water partition coefficient (Wildman–Crippen LogP) is 5.14. The molecule has 7 rings (SSSR count). The van der Waals surface area contributed by atoms with Gasteiger partial charge in [-0.1, -0.05) is 29.5 Å². The normalized spacial score (nSPS) is 31.4. The van der Waals surface area contributed by atoms with Crippen molar-refractivity contribution in [1.29, 1.82) is 0 Å². The maximum absolute atomic E-state index is 13.7. The number of nitrogens with one attached hydrogen (secondary N) is 1. The van der Waals surface area contributed by atoms with Crippen molar-refractivity contribution in [3.8, 4) is 5.75 Å². The second-order valence-corrected chi connectivity index (χ2v) is 12.5. The highest BCUT2D eigenvalue weighted by molar-refractivity contribution is 8.00. The molecule has 38 heavy (non-hydrogen) atoms. The molecule has 3 fully saturated rings. The van der Waals surface area contributed by atoms with Gasteiger partial charge in [0.15, 0.2) is 0 Å². The summed E-state index contributed by atoms with van der Waals surface area (Å²) < 4.78 is 45.4. The van der Waals surface area contributed by atoms with Crippen molar-refractivity contribution in [3.63, 3.8) is 0 Å². The molecule has 7 atom stereocenters. The Labute approximate surface area is 223 Å². The summed E-state index contributed by atoms with van der Waals surface area (Å²) in [5, 5.41) is 0.807. The van der Waals surface area contributed by atoms with E-state index in [4.69, 9.17) is 4.74 Å². The topological polar surface area (TPSA) is 79.5 Å². The van der Waals surface area contributed by atoms with Gasteiger partial charge in [-0.2, -0.15) is 13.2 Å². The molecule has 1 aromatic heterocycles. The number of hydrogen-bond acceptors (Lipinski definition) is 6. The van der Waals surface area contributed by atoms with E-state index in [9.17, 15) is 27.6 Å². The number of carbonyl (C=O) groups excluding carboxylic acids is 2. The Hall–Kier alpha value is -3.05. The Balaban J connectivity index is 1.29. The van der Waals surface area contributed by atoms with Gasteiger partial charge in [0.05, 0.1) is 35.2 Å². The first-order chi connectivity index (χ1) is 18.2. The highest BCUT2D eigenvalue weighted by Gasteiger charge is 2.69. The summed E-state index contributed by atoms with van der Waals surface area (Å²) in [6.45, 7) is 0. The third kappa shape index (κ3) is 3.30. The number of alkyl halides is 3. The van der Waals surface area contributed by atoms with Gasteiger partial charge in [0, 0.05) is 16.0 Å². The van der Waals surface area contributed by atoms with Crippen LogP contribution in [0.1, 0.15) is 28.3 Å². The number of hydrogen-bond donors (Lipinski definition) is 1. The molecule has 2 saturated carbocycles. The summed E-state index contributed by atoms with van der Waals surface area (Å²) in [7, 11) is 1.59. The van der Waals surface area contributed by atoms with Gasteiger partial charge in [-0.15, -0.1) is 11.8 Å². The number of methoxy groups -OCH3 is 1. The maximum atomic E-state index is 13.7. The van der Waals surface area contributed by atoms with Gasteiger partial charge in [0.2, 0.25) is 11.8 Å². The van der Waals surface area contributed by atoms with Gasteiger partial charge in [-0.05, 0) is 60.1 Å². The number of halogens is 3. The Morgan fingerprint density at radius 2 is 1.71 bits per heavy atom. The zero-order valence-corrected chi connectivity index (χ0v) is 21.5. The standard InChI is InChI=1S/C27H21F3N2O4S2/c1-36-14-7-5-11(6-8-14)17-18-15-10-16(21(18)37-23-22(17)38-26(35)31-23)20-19(15)24(33)32(25(20)34)13-4-2-3-12(9-13)27(28,29)30/h2-9,15-21H,10H2,1H3,(H,31,35). The van der Waals surface area contributed by atoms with Crippen molar-refractivity contribution in [2.75, 3.05) is 12.0 Å². The van der Waals surface area contributed by atoms with Crippen LogP contribution in [-0.4, -0.2) is 29.2 Å². The lowest BCUT2D eigenvalue weighted by molar-refractivity contribution is -0.137. The SMILES string of the molecule is COc1ccc(C2c3sc(=O)[nH]c3SC3C4CC(C5C(=O)N(c6cccc(C(F)(F)F)c6)C(=O)C45)C23)cc1. The van der Waals surface area contributed by atoms with E-state index in [1.54, 1.807) is 18.9 Å². The lowest BCUT2D eigenvalue weighted by Gasteiger charge is -2.43. The number of aromatic amines is 1. The molecule has 2 aliphatic heterocycles. The van der Waals surface area contributed by atoms with E-state index in [2.05, 4.69) is 4.98 Å². The quantitative estimate of drug-likeness (QED) is 0.451. The average Bonchev–Trinajstić information content (AvgIpc) is 3.62. The number of benzene rings is 2. The largest absolute Gasteiger partial charge is 0.497 e. The summed E-state index contributed by atoms with van der Waals surface area (Å²) in [6.07, 6.45) is -3.88. The van der Waals surface area contributed by atoms with Crippen molar-refractivity contribution >= 4 is 40.6 Å². The van der Waals surface area contributed by atoms with E-state index in [1.807, 2.05) is 24.3 Å². The predicted molar refractivity (Wildman–Crippen MR) is 135 cm³/mol. The van der Waals surface area contributed by atoms with E-state index < -0.39 is 35.4 Å². The molecule has 0 radical (unpaired) electrons. The van der Waals surface area contributed by atoms with Crippen LogP contribution in [0.5, 0.6) is 5.75 Å². The van der Waals surface area contributed by atoms with Crippen LogP contribution in [-0.2, 0) is 15.8 Å². The zero-order valence-electron chi connectivity index (χ0n) is 19.9. The monoisotopic (exact) mass is 558 g/mol. The number of carbonyl (C=O) groups is 2. The van der Waals surface area contributed by atoms with E-state index in [0.29, 0.717) is 12.2 Å². The molecule has 0 spiro atoms. The summed E-state index contributed by atoms with van der Waals surface area (Å²) in [5.74, 6) is -1.63. The first-order valence-electron chi connectivity index (χ1n) is 12.3. The Morgan fingerprint density at radius 3 is 2.39 bits per heavy atom. The molecule has 1 saturated heterocycles. The minimum Gasteiger partial charge on any atom is -0.497 e. The zero-order chi connectivity index (χ0) is 26.5. The molecule has 2 amide bonds. The third-order valence-electron chi connectivity index (χ3n) is 8.63. The summed E-state index contributed by atoms with van der Waals surface area (Å²) in [5.41, 5.74) is 0.0791. The van der Waals surface area contributed by atoms with Gasteiger partial charge >= 0.3 is 11.0 Å². The van der Waals surface area contributed by atoms with Gasteiger partial charge in [0.25, 0.3) is 0 Å². The minimum atomic E-state index is -4.58. The van der Waals surface area contributed by atoms with Crippen LogP contribution in [0.2, 0.25) is 0 Å². The van der Waals surface area contributed by atoms with Crippen molar-refractivity contribution < 1.29 is 27.5 Å². The Morgan fingerprint density at radius 1 is 1.00 bits per heavy atom. The van der Waals surface area contributed by atoms with E-state index in [-0.39, 0.29) is 39.5 Å². The fourth-order valence-corrected chi connectivity index (χ4v) is 10.2. The number of fused-ring (bicyclic) bond motifs is 9. The molecule has 196 valence electrons. The molecule has 6 nitrogen and oxygen atoms in total. The molecule has 2 aromatic carbocycles. The second-order valence-electron chi connectivity index (χ2n) is 10.3. The number of aromatic nitrogens is 1. The van der Waals surface area contributed by atoms with Crippen molar-refractivity contribution in [1.82, 2.24) is 4.98 Å². The molecule has 4 aliphatic rings. The van der Waals surface area contributed by atoms with Gasteiger partial charge in [-0.3, -0.25) is 19.3 Å². The number of thiazole rings is 1. The number of imide groups is 1. The second kappa shape index (κ2) is 8.22. The van der Waals surface area contributed by atoms with Crippen LogP contribution in [0.15, 0.2) is 58.4 Å². The lowest BCUT2D eigenvalue weighted by atomic mass is 9.68. The van der Waals surface area contributed by atoms with Crippen LogP contribution >= 0.6 is 23.1 Å². The molecule has 7 unspecified atom stereocenters. The summed E-state index contributed by atoms with van der Waals surface area (Å²) >= 11 is 2.75. The molecule has 2 aliphatic carbocycles. The van der Waals surface area contributed by atoms with Crippen molar-refractivity contribution in [2.45, 2.75) is 28.8 Å². The molecule has 1 N–H and O–H groups in total. The van der Waals surface area contributed by atoms with Crippen molar-refractivity contribution in [2.24, 2.45) is 29.6 Å². The number of ether oxygens (including phenoxy) is 1. The summed E-state index contributed by atoms with van der Waals surface area (Å²) in [4.78, 5) is 44.5. The molecular formula is C27H21F3N2O4S2. The number of anilines is 1. The summed E-state index contributed by atoms with van der Waals surface area (Å²) in [6, 6.07) is 12.1. The van der Waals surface area contributed by atoms with E-state index in [0.717, 1.165) is 32.5 Å². The van der Waals surface area contributed by atoms with Gasteiger partial charge in [-0.25, -0.2) is 0 Å². The first-order valence-corrected chi connectivity index (χ1v) is 14.0. The fourth-order valence-electron chi connectivity index (χ4n) is 7.28. The van der Waals surface area contributed by atoms with Gasteiger partial charge < -0.3 is 9.72 Å². The van der Waals surface area contributed by atoms with Crippen LogP contribution in [0, 0.1) is 29.6 Å². The van der Waals surface area contributed by atoms with Crippen LogP contribution in [0.4, 0.5) is 18.9 Å². The van der Waals surface area contributed by atoms with E-state index >= 15 is 0 Å². The highest BCUT2D eigenvalue weighted by atomic mass is 32.2. The number of H-pyrrole nitrogens is 1.